The van der Waals surface area contributed by atoms with Crippen molar-refractivity contribution in [3.63, 3.8) is 0 Å². The molecule has 1 saturated heterocycles. The summed E-state index contributed by atoms with van der Waals surface area (Å²) in [6, 6.07) is 0. The van der Waals surface area contributed by atoms with Gasteiger partial charge >= 0.3 is 0 Å². The molecule has 0 aliphatic carbocycles. The first kappa shape index (κ1) is 9.48. The third-order valence-electron chi connectivity index (χ3n) is 1.64. The van der Waals surface area contributed by atoms with Crippen LogP contribution in [-0.2, 0) is 14.3 Å². The van der Waals surface area contributed by atoms with E-state index in [1.54, 1.807) is 0 Å². The molecule has 1 aliphatic heterocycles. The van der Waals surface area contributed by atoms with Gasteiger partial charge in [0.2, 0.25) is 5.91 Å². The van der Waals surface area contributed by atoms with Crippen LogP contribution >= 0.6 is 0 Å². The van der Waals surface area contributed by atoms with Gasteiger partial charge in [0.1, 0.15) is 6.23 Å². The van der Waals surface area contributed by atoms with Gasteiger partial charge in [0.25, 0.3) is 0 Å². The monoisotopic (exact) mass is 172 g/mol. The molecule has 0 spiro atoms. The minimum Gasteiger partial charge on any atom is -0.524 e. The van der Waals surface area contributed by atoms with Crippen LogP contribution in [0.5, 0.6) is 0 Å². The van der Waals surface area contributed by atoms with Crippen molar-refractivity contribution in [1.29, 1.82) is 0 Å². The van der Waals surface area contributed by atoms with Crippen LogP contribution in [0.25, 0.3) is 0 Å². The Morgan fingerprint density at radius 2 is 2.58 bits per heavy atom. The van der Waals surface area contributed by atoms with E-state index in [1.165, 1.54) is 11.6 Å². The Bertz CT molecular complexity index is 160. The van der Waals surface area contributed by atoms with Gasteiger partial charge in [-0.2, -0.15) is 0 Å². The second-order valence-electron chi connectivity index (χ2n) is 2.69. The zero-order valence-corrected chi connectivity index (χ0v) is 7.45. The fraction of sp³-hybridized carbons (Fsp3) is 0.750. The van der Waals surface area contributed by atoms with E-state index >= 15 is 0 Å². The van der Waals surface area contributed by atoms with E-state index in [0.717, 1.165) is 6.42 Å². The standard InChI is InChI=1S/C8H14NO3/c1-3-4-12-7(2)9-6-11-5-8(9)10/h6-7H,3-5H2,1-2H3/q-1. The third-order valence-corrected chi connectivity index (χ3v) is 1.64. The molecule has 0 aromatic rings. The fourth-order valence-corrected chi connectivity index (χ4v) is 0.979. The van der Waals surface area contributed by atoms with Gasteiger partial charge < -0.3 is 14.4 Å². The molecule has 70 valence electrons. The van der Waals surface area contributed by atoms with E-state index in [4.69, 9.17) is 9.47 Å². The molecular weight excluding hydrogens is 158 g/mol. The van der Waals surface area contributed by atoms with Crippen molar-refractivity contribution < 1.29 is 14.3 Å². The number of amides is 1. The quantitative estimate of drug-likeness (QED) is 0.587. The van der Waals surface area contributed by atoms with Crippen LogP contribution in [-0.4, -0.2) is 30.2 Å². The van der Waals surface area contributed by atoms with Gasteiger partial charge in [0.15, 0.2) is 0 Å². The van der Waals surface area contributed by atoms with Gasteiger partial charge in [-0.1, -0.05) is 6.92 Å². The minimum absolute atomic E-state index is 0.0430. The summed E-state index contributed by atoms with van der Waals surface area (Å²) in [6.45, 7) is 6.08. The van der Waals surface area contributed by atoms with Gasteiger partial charge in [-0.05, 0) is 13.3 Å². The lowest BCUT2D eigenvalue weighted by Gasteiger charge is -2.30. The number of rotatable bonds is 4. The molecule has 1 rings (SSSR count). The van der Waals surface area contributed by atoms with Crippen LogP contribution in [0, 0.1) is 6.73 Å². The molecule has 4 nitrogen and oxygen atoms in total. The summed E-state index contributed by atoms with van der Waals surface area (Å²) in [5, 5.41) is 0. The van der Waals surface area contributed by atoms with Crippen molar-refractivity contribution in [3.8, 4) is 0 Å². The van der Waals surface area contributed by atoms with Crippen LogP contribution < -0.4 is 0 Å². The molecular formula is C8H14NO3-. The van der Waals surface area contributed by atoms with Crippen LogP contribution in [0.4, 0.5) is 0 Å². The molecule has 1 aliphatic rings. The normalized spacial score (nSPS) is 20.2. The molecule has 0 N–H and O–H groups in total. The highest BCUT2D eigenvalue weighted by atomic mass is 16.5. The maximum Gasteiger partial charge on any atom is 0.220 e. The Balaban J connectivity index is 2.30. The van der Waals surface area contributed by atoms with Gasteiger partial charge in [0, 0.05) is 6.61 Å². The summed E-state index contributed by atoms with van der Waals surface area (Å²) in [6.07, 6.45) is 0.743. The first-order valence-electron chi connectivity index (χ1n) is 4.13. The predicted octanol–water partition coefficient (Wildman–Crippen LogP) is 0.737. The lowest BCUT2D eigenvalue weighted by Crippen LogP contribution is -2.34. The average molecular weight is 172 g/mol. The van der Waals surface area contributed by atoms with E-state index in [1.807, 2.05) is 13.8 Å². The third kappa shape index (κ3) is 2.19. The molecule has 0 radical (unpaired) electrons. The first-order chi connectivity index (χ1) is 5.75. The molecule has 0 aromatic carbocycles. The van der Waals surface area contributed by atoms with Crippen molar-refractivity contribution in [2.75, 3.05) is 13.2 Å². The van der Waals surface area contributed by atoms with Crippen LogP contribution in [0.2, 0.25) is 0 Å². The first-order valence-corrected chi connectivity index (χ1v) is 4.13. The number of hydrogen-bond acceptors (Lipinski definition) is 3. The highest BCUT2D eigenvalue weighted by Gasteiger charge is 2.17. The van der Waals surface area contributed by atoms with E-state index in [2.05, 4.69) is 0 Å². The maximum atomic E-state index is 11.1. The molecule has 1 atom stereocenters. The number of nitrogens with zero attached hydrogens (tertiary/aromatic N) is 1. The number of hydrogen-bond donors (Lipinski definition) is 0. The van der Waals surface area contributed by atoms with Crippen molar-refractivity contribution in [2.45, 2.75) is 26.5 Å². The highest BCUT2D eigenvalue weighted by Crippen LogP contribution is 2.11. The Labute approximate surface area is 72.4 Å². The maximum absolute atomic E-state index is 11.1. The number of carbonyl (C=O) groups excluding carboxylic acids is 1. The molecule has 0 bridgehead atoms. The van der Waals surface area contributed by atoms with Crippen molar-refractivity contribution in [1.82, 2.24) is 4.90 Å². The SMILES string of the molecule is CCCOC(C)N1[CH-]OCC1=O. The number of ether oxygens (including phenoxy) is 2. The van der Waals surface area contributed by atoms with Crippen LogP contribution in [0.3, 0.4) is 0 Å². The summed E-state index contributed by atoms with van der Waals surface area (Å²) >= 11 is 0. The smallest absolute Gasteiger partial charge is 0.220 e. The molecule has 1 fully saturated rings. The van der Waals surface area contributed by atoms with Crippen molar-refractivity contribution in [3.05, 3.63) is 6.73 Å². The molecule has 0 saturated carbocycles. The highest BCUT2D eigenvalue weighted by molar-refractivity contribution is 5.79. The molecule has 12 heavy (non-hydrogen) atoms. The Hall–Kier alpha value is -0.610. The Kier molecular flexibility index (Phi) is 3.49. The molecule has 4 heteroatoms. The van der Waals surface area contributed by atoms with E-state index in [-0.39, 0.29) is 18.7 Å². The predicted molar refractivity (Wildman–Crippen MR) is 42.8 cm³/mol. The molecule has 1 unspecified atom stereocenters. The second-order valence-corrected chi connectivity index (χ2v) is 2.69. The Morgan fingerprint density at radius 3 is 3.08 bits per heavy atom. The summed E-state index contributed by atoms with van der Waals surface area (Å²) in [5.74, 6) is -0.0430. The molecule has 1 heterocycles. The second kappa shape index (κ2) is 4.42. The Morgan fingerprint density at radius 1 is 1.83 bits per heavy atom. The van der Waals surface area contributed by atoms with Crippen molar-refractivity contribution >= 4 is 5.91 Å². The topological polar surface area (TPSA) is 38.8 Å². The minimum atomic E-state index is -0.208. The molecule has 0 aromatic heterocycles. The fourth-order valence-electron chi connectivity index (χ4n) is 0.979. The summed E-state index contributed by atoms with van der Waals surface area (Å²) in [5.41, 5.74) is 0. The van der Waals surface area contributed by atoms with Crippen LogP contribution in [0.1, 0.15) is 20.3 Å². The van der Waals surface area contributed by atoms with Gasteiger partial charge in [-0.15, -0.1) is 6.73 Å². The van der Waals surface area contributed by atoms with Gasteiger partial charge in [-0.25, -0.2) is 0 Å². The van der Waals surface area contributed by atoms with Crippen LogP contribution in [0.15, 0.2) is 0 Å². The number of carbonyl (C=O) groups is 1. The zero-order chi connectivity index (χ0) is 8.97. The lowest BCUT2D eigenvalue weighted by atomic mass is 10.5. The van der Waals surface area contributed by atoms with Gasteiger partial charge in [0.05, 0.1) is 6.61 Å². The zero-order valence-electron chi connectivity index (χ0n) is 7.45. The molecule has 1 amide bonds. The van der Waals surface area contributed by atoms with Crippen molar-refractivity contribution in [2.24, 2.45) is 0 Å². The summed E-state index contributed by atoms with van der Waals surface area (Å²) < 4.78 is 10.2. The van der Waals surface area contributed by atoms with E-state index in [0.29, 0.717) is 6.61 Å². The van der Waals surface area contributed by atoms with Gasteiger partial charge in [-0.3, -0.25) is 4.79 Å². The summed E-state index contributed by atoms with van der Waals surface area (Å²) in [7, 11) is 0. The lowest BCUT2D eigenvalue weighted by molar-refractivity contribution is -0.136. The summed E-state index contributed by atoms with van der Waals surface area (Å²) in [4.78, 5) is 12.5. The average Bonchev–Trinajstić information content (AvgIpc) is 2.47. The largest absolute Gasteiger partial charge is 0.524 e. The van der Waals surface area contributed by atoms with E-state index < -0.39 is 0 Å². The van der Waals surface area contributed by atoms with E-state index in [9.17, 15) is 4.79 Å².